The van der Waals surface area contributed by atoms with Crippen LogP contribution in [0.15, 0.2) is 48.5 Å². The first-order valence-corrected chi connectivity index (χ1v) is 9.42. The SMILES string of the molecule is N#Cc1ccc(OCC(=O)NCC(c2cccc(Cl)c2)N2CCCC2)cc1. The topological polar surface area (TPSA) is 65.4 Å². The lowest BCUT2D eigenvalue weighted by Gasteiger charge is -2.28. The van der Waals surface area contributed by atoms with E-state index in [1.54, 1.807) is 24.3 Å². The molecule has 1 amide bonds. The molecule has 3 rings (SSSR count). The predicted molar refractivity (Wildman–Crippen MR) is 105 cm³/mol. The van der Waals surface area contributed by atoms with Gasteiger partial charge >= 0.3 is 0 Å². The molecule has 5 nitrogen and oxygen atoms in total. The van der Waals surface area contributed by atoms with Crippen LogP contribution in [-0.2, 0) is 4.79 Å². The zero-order chi connectivity index (χ0) is 19.1. The van der Waals surface area contributed by atoms with Gasteiger partial charge in [-0.05, 0) is 67.9 Å². The van der Waals surface area contributed by atoms with E-state index in [0.717, 1.165) is 18.7 Å². The minimum absolute atomic E-state index is 0.0613. The Balaban J connectivity index is 1.56. The summed E-state index contributed by atoms with van der Waals surface area (Å²) in [7, 11) is 0. The Bertz CT molecular complexity index is 811. The van der Waals surface area contributed by atoms with Crippen LogP contribution in [0.5, 0.6) is 5.75 Å². The van der Waals surface area contributed by atoms with Crippen LogP contribution in [-0.4, -0.2) is 37.0 Å². The first-order chi connectivity index (χ1) is 13.2. The fourth-order valence-corrected chi connectivity index (χ4v) is 3.46. The third-order valence-corrected chi connectivity index (χ3v) is 4.90. The van der Waals surface area contributed by atoms with Crippen LogP contribution in [0.25, 0.3) is 0 Å². The average molecular weight is 384 g/mol. The van der Waals surface area contributed by atoms with Crippen molar-refractivity contribution in [2.75, 3.05) is 26.2 Å². The summed E-state index contributed by atoms with van der Waals surface area (Å²) < 4.78 is 5.49. The van der Waals surface area contributed by atoms with Crippen molar-refractivity contribution < 1.29 is 9.53 Å². The number of carbonyl (C=O) groups excluding carboxylic acids is 1. The summed E-state index contributed by atoms with van der Waals surface area (Å²) in [6.45, 7) is 2.49. The number of halogens is 1. The molecule has 0 aromatic heterocycles. The van der Waals surface area contributed by atoms with Gasteiger partial charge in [0.05, 0.1) is 17.7 Å². The summed E-state index contributed by atoms with van der Waals surface area (Å²) in [5.41, 5.74) is 1.67. The van der Waals surface area contributed by atoms with Crippen molar-refractivity contribution in [3.05, 3.63) is 64.7 Å². The van der Waals surface area contributed by atoms with Crippen molar-refractivity contribution in [1.29, 1.82) is 5.26 Å². The lowest BCUT2D eigenvalue weighted by atomic mass is 10.1. The molecule has 0 aliphatic carbocycles. The fraction of sp³-hybridized carbons (Fsp3) is 0.333. The number of hydrogen-bond acceptors (Lipinski definition) is 4. The van der Waals surface area contributed by atoms with Crippen molar-refractivity contribution in [3.8, 4) is 11.8 Å². The van der Waals surface area contributed by atoms with E-state index in [0.29, 0.717) is 22.9 Å². The second kappa shape index (κ2) is 9.40. The van der Waals surface area contributed by atoms with Crippen molar-refractivity contribution in [2.45, 2.75) is 18.9 Å². The number of hydrogen-bond donors (Lipinski definition) is 1. The van der Waals surface area contributed by atoms with Crippen molar-refractivity contribution in [1.82, 2.24) is 10.2 Å². The van der Waals surface area contributed by atoms with Gasteiger partial charge in [0.2, 0.25) is 0 Å². The molecule has 0 spiro atoms. The van der Waals surface area contributed by atoms with Crippen LogP contribution in [0, 0.1) is 11.3 Å². The van der Waals surface area contributed by atoms with Gasteiger partial charge in [0.15, 0.2) is 6.61 Å². The van der Waals surface area contributed by atoms with E-state index in [2.05, 4.69) is 10.2 Å². The number of nitriles is 1. The fourth-order valence-electron chi connectivity index (χ4n) is 3.26. The number of rotatable bonds is 7. The Labute approximate surface area is 164 Å². The van der Waals surface area contributed by atoms with Crippen LogP contribution in [0.1, 0.15) is 30.0 Å². The molecule has 0 bridgehead atoms. The summed E-state index contributed by atoms with van der Waals surface area (Å²) in [5, 5.41) is 12.5. The minimum atomic E-state index is -0.175. The molecule has 140 valence electrons. The molecule has 1 saturated heterocycles. The molecule has 1 heterocycles. The van der Waals surface area contributed by atoms with E-state index in [-0.39, 0.29) is 18.6 Å². The lowest BCUT2D eigenvalue weighted by Crippen LogP contribution is -2.38. The smallest absolute Gasteiger partial charge is 0.258 e. The van der Waals surface area contributed by atoms with Gasteiger partial charge in [-0.1, -0.05) is 23.7 Å². The highest BCUT2D eigenvalue weighted by atomic mass is 35.5. The summed E-state index contributed by atoms with van der Waals surface area (Å²) in [6.07, 6.45) is 2.35. The predicted octanol–water partition coefficient (Wildman–Crippen LogP) is 3.54. The van der Waals surface area contributed by atoms with Gasteiger partial charge in [0, 0.05) is 11.6 Å². The normalized spacial score (nSPS) is 15.1. The Kier molecular flexibility index (Phi) is 6.69. The number of carbonyl (C=O) groups is 1. The largest absolute Gasteiger partial charge is 0.484 e. The quantitative estimate of drug-likeness (QED) is 0.794. The second-order valence-corrected chi connectivity index (χ2v) is 6.98. The molecule has 0 radical (unpaired) electrons. The summed E-state index contributed by atoms with van der Waals surface area (Å²) in [4.78, 5) is 14.6. The molecule has 2 aromatic rings. The molecule has 6 heteroatoms. The Hall–Kier alpha value is -2.55. The number of likely N-dealkylation sites (tertiary alicyclic amines) is 1. The molecule has 1 aliphatic heterocycles. The maximum absolute atomic E-state index is 12.2. The molecule has 1 fully saturated rings. The van der Waals surface area contributed by atoms with Gasteiger partial charge in [-0.25, -0.2) is 0 Å². The van der Waals surface area contributed by atoms with Crippen LogP contribution >= 0.6 is 11.6 Å². The van der Waals surface area contributed by atoms with Crippen LogP contribution in [0.4, 0.5) is 0 Å². The zero-order valence-electron chi connectivity index (χ0n) is 15.0. The first-order valence-electron chi connectivity index (χ1n) is 9.05. The highest BCUT2D eigenvalue weighted by Gasteiger charge is 2.24. The highest BCUT2D eigenvalue weighted by Crippen LogP contribution is 2.26. The molecule has 2 aromatic carbocycles. The Morgan fingerprint density at radius 2 is 1.96 bits per heavy atom. The number of amides is 1. The number of ether oxygens (including phenoxy) is 1. The molecular weight excluding hydrogens is 362 g/mol. The van der Waals surface area contributed by atoms with Gasteiger partial charge in [-0.15, -0.1) is 0 Å². The number of nitrogens with zero attached hydrogens (tertiary/aromatic N) is 2. The second-order valence-electron chi connectivity index (χ2n) is 6.54. The Morgan fingerprint density at radius 1 is 1.22 bits per heavy atom. The first kappa shape index (κ1) is 19.2. The summed E-state index contributed by atoms with van der Waals surface area (Å²) >= 11 is 6.15. The molecular formula is C21H22ClN3O2. The summed E-state index contributed by atoms with van der Waals surface area (Å²) in [5.74, 6) is 0.390. The summed E-state index contributed by atoms with van der Waals surface area (Å²) in [6, 6.07) is 16.7. The third kappa shape index (κ3) is 5.46. The number of nitrogens with one attached hydrogen (secondary N) is 1. The zero-order valence-corrected chi connectivity index (χ0v) is 15.8. The molecule has 1 aliphatic rings. The molecule has 27 heavy (non-hydrogen) atoms. The van der Waals surface area contributed by atoms with Gasteiger partial charge in [0.1, 0.15) is 5.75 Å². The van der Waals surface area contributed by atoms with Crippen molar-refractivity contribution in [2.24, 2.45) is 0 Å². The van der Waals surface area contributed by atoms with Crippen molar-refractivity contribution >= 4 is 17.5 Å². The average Bonchev–Trinajstić information content (AvgIpc) is 3.21. The van der Waals surface area contributed by atoms with Crippen LogP contribution in [0.2, 0.25) is 5.02 Å². The molecule has 1 unspecified atom stereocenters. The number of benzene rings is 2. The van der Waals surface area contributed by atoms with Gasteiger partial charge in [0.25, 0.3) is 5.91 Å². The standard InChI is InChI=1S/C21H22ClN3O2/c22-18-5-3-4-17(12-18)20(25-10-1-2-11-25)14-24-21(26)15-27-19-8-6-16(13-23)7-9-19/h3-9,12,20H,1-2,10-11,14-15H2,(H,24,26). The van der Waals surface area contributed by atoms with E-state index in [9.17, 15) is 4.79 Å². The van der Waals surface area contributed by atoms with Crippen LogP contribution in [0.3, 0.4) is 0 Å². The van der Waals surface area contributed by atoms with E-state index in [4.69, 9.17) is 21.6 Å². The van der Waals surface area contributed by atoms with Crippen molar-refractivity contribution in [3.63, 3.8) is 0 Å². The molecule has 0 saturated carbocycles. The van der Waals surface area contributed by atoms with Gasteiger partial charge < -0.3 is 10.1 Å². The molecule has 1 N–H and O–H groups in total. The van der Waals surface area contributed by atoms with Gasteiger partial charge in [-0.3, -0.25) is 9.69 Å². The van der Waals surface area contributed by atoms with E-state index >= 15 is 0 Å². The maximum atomic E-state index is 12.2. The Morgan fingerprint density at radius 3 is 2.63 bits per heavy atom. The van der Waals surface area contributed by atoms with Gasteiger partial charge in [-0.2, -0.15) is 5.26 Å². The highest BCUT2D eigenvalue weighted by molar-refractivity contribution is 6.30. The third-order valence-electron chi connectivity index (χ3n) is 4.66. The minimum Gasteiger partial charge on any atom is -0.484 e. The maximum Gasteiger partial charge on any atom is 0.258 e. The molecule has 1 atom stereocenters. The van der Waals surface area contributed by atoms with E-state index in [1.165, 1.54) is 12.8 Å². The van der Waals surface area contributed by atoms with E-state index < -0.39 is 0 Å². The monoisotopic (exact) mass is 383 g/mol. The lowest BCUT2D eigenvalue weighted by molar-refractivity contribution is -0.123. The van der Waals surface area contributed by atoms with E-state index in [1.807, 2.05) is 30.3 Å². The van der Waals surface area contributed by atoms with Crippen LogP contribution < -0.4 is 10.1 Å².